The summed E-state index contributed by atoms with van der Waals surface area (Å²) in [6, 6.07) is 13.9. The molecule has 0 saturated carbocycles. The SMILES string of the molecule is CC(C)(C)OC(=O)NCC(=O)N1CCC[C@H]1C(=O)N=c1ccc2nc3c(cc(N)c4ccccc43)oc-2c1. The molecule has 2 aliphatic heterocycles. The number of ether oxygens (including phenoxy) is 1. The maximum absolute atomic E-state index is 13.1. The Balaban J connectivity index is 1.37. The van der Waals surface area contributed by atoms with E-state index in [9.17, 15) is 14.4 Å². The van der Waals surface area contributed by atoms with Gasteiger partial charge in [-0.05, 0) is 45.7 Å². The number of carbonyl (C=O) groups excluding carboxylic acids is 3. The van der Waals surface area contributed by atoms with E-state index in [0.29, 0.717) is 53.0 Å². The van der Waals surface area contributed by atoms with E-state index >= 15 is 0 Å². The number of nitrogen functional groups attached to an aromatic ring is 1. The highest BCUT2D eigenvalue weighted by atomic mass is 16.6. The summed E-state index contributed by atoms with van der Waals surface area (Å²) in [5, 5.41) is 4.64. The molecule has 3 N–H and O–H groups in total. The molecule has 1 saturated heterocycles. The number of anilines is 1. The lowest BCUT2D eigenvalue weighted by Gasteiger charge is -2.23. The summed E-state index contributed by atoms with van der Waals surface area (Å²) in [6.45, 7) is 5.37. The third-order valence-corrected chi connectivity index (χ3v) is 6.29. The van der Waals surface area contributed by atoms with Gasteiger partial charge in [-0.2, -0.15) is 0 Å². The number of amides is 3. The molecule has 10 nitrogen and oxygen atoms in total. The van der Waals surface area contributed by atoms with Gasteiger partial charge < -0.3 is 25.1 Å². The van der Waals surface area contributed by atoms with Crippen LogP contribution in [0.2, 0.25) is 0 Å². The van der Waals surface area contributed by atoms with Crippen molar-refractivity contribution < 1.29 is 23.5 Å². The van der Waals surface area contributed by atoms with Crippen LogP contribution in [0.4, 0.5) is 10.5 Å². The van der Waals surface area contributed by atoms with E-state index in [4.69, 9.17) is 19.9 Å². The number of aromatic nitrogens is 1. The highest BCUT2D eigenvalue weighted by Crippen LogP contribution is 2.32. The summed E-state index contributed by atoms with van der Waals surface area (Å²) >= 11 is 0. The molecule has 0 bridgehead atoms. The van der Waals surface area contributed by atoms with E-state index in [2.05, 4.69) is 10.3 Å². The van der Waals surface area contributed by atoms with Crippen LogP contribution in [0.1, 0.15) is 33.6 Å². The average Bonchev–Trinajstić information content (AvgIpc) is 3.36. The van der Waals surface area contributed by atoms with Gasteiger partial charge in [-0.3, -0.25) is 9.59 Å². The monoisotopic (exact) mass is 515 g/mol. The number of likely N-dealkylation sites (tertiary alicyclic amines) is 1. The molecule has 2 heterocycles. The Hall–Kier alpha value is -4.47. The number of nitrogens with one attached hydrogen (secondary N) is 1. The second-order valence-corrected chi connectivity index (χ2v) is 10.3. The third kappa shape index (κ3) is 5.15. The van der Waals surface area contributed by atoms with E-state index in [1.165, 1.54) is 4.90 Å². The van der Waals surface area contributed by atoms with Crippen LogP contribution < -0.4 is 16.4 Å². The van der Waals surface area contributed by atoms with Crippen LogP contribution in [0.5, 0.6) is 0 Å². The number of fused-ring (bicyclic) bond motifs is 4. The van der Waals surface area contributed by atoms with Crippen LogP contribution in [-0.2, 0) is 14.3 Å². The lowest BCUT2D eigenvalue weighted by Crippen LogP contribution is -2.46. The molecule has 1 fully saturated rings. The normalized spacial score (nSPS) is 16.3. The zero-order valence-corrected chi connectivity index (χ0v) is 21.5. The molecule has 10 heteroatoms. The Morgan fingerprint density at radius 1 is 1.16 bits per heavy atom. The molecule has 1 aliphatic carbocycles. The largest absolute Gasteiger partial charge is 0.453 e. The molecule has 2 aromatic carbocycles. The van der Waals surface area contributed by atoms with Gasteiger partial charge in [-0.15, -0.1) is 0 Å². The van der Waals surface area contributed by atoms with Crippen molar-refractivity contribution in [2.45, 2.75) is 45.3 Å². The Morgan fingerprint density at radius 3 is 2.68 bits per heavy atom. The molecule has 1 atom stereocenters. The molecule has 38 heavy (non-hydrogen) atoms. The molecular weight excluding hydrogens is 486 g/mol. The molecule has 0 unspecified atom stereocenters. The summed E-state index contributed by atoms with van der Waals surface area (Å²) < 4.78 is 11.3. The summed E-state index contributed by atoms with van der Waals surface area (Å²) in [7, 11) is 0. The number of carbonyl (C=O) groups is 3. The average molecular weight is 516 g/mol. The Kier molecular flexibility index (Phi) is 6.48. The minimum absolute atomic E-state index is 0.260. The van der Waals surface area contributed by atoms with Gasteiger partial charge >= 0.3 is 6.09 Å². The molecule has 2 aromatic rings. The standard InChI is InChI=1S/C28H29N5O5/c1-28(2,3)38-27(36)30-15-24(34)33-12-6-9-21(33)26(35)31-16-10-11-20-22(13-16)37-23-14-19(29)17-7-4-5-8-18(17)25(23)32-20/h4-5,7-8,10-11,13-14,21H,6,9,12,15,29H2,1-3H3,(H,30,36)/t21-/m0/s1. The first-order chi connectivity index (χ1) is 18.1. The quantitative estimate of drug-likeness (QED) is 0.241. The molecule has 3 amide bonds. The Labute approximate surface area is 218 Å². The molecule has 0 aromatic heterocycles. The maximum Gasteiger partial charge on any atom is 0.408 e. The summed E-state index contributed by atoms with van der Waals surface area (Å²) in [6.07, 6.45) is 0.479. The third-order valence-electron chi connectivity index (χ3n) is 6.29. The van der Waals surface area contributed by atoms with Gasteiger partial charge in [0, 0.05) is 35.1 Å². The first kappa shape index (κ1) is 25.2. The van der Waals surface area contributed by atoms with Crippen molar-refractivity contribution in [3.05, 3.63) is 53.9 Å². The van der Waals surface area contributed by atoms with Crippen LogP contribution in [0, 0.1) is 0 Å². The molecule has 0 radical (unpaired) electrons. The van der Waals surface area contributed by atoms with Crippen molar-refractivity contribution in [3.63, 3.8) is 0 Å². The smallest absolute Gasteiger partial charge is 0.408 e. The van der Waals surface area contributed by atoms with Gasteiger partial charge in [0.2, 0.25) is 5.91 Å². The zero-order valence-electron chi connectivity index (χ0n) is 21.5. The maximum atomic E-state index is 13.1. The molecule has 3 aliphatic rings. The van der Waals surface area contributed by atoms with E-state index in [1.54, 1.807) is 45.0 Å². The fourth-order valence-corrected chi connectivity index (χ4v) is 4.63. The van der Waals surface area contributed by atoms with Crippen molar-refractivity contribution in [2.75, 3.05) is 18.8 Å². The second kappa shape index (κ2) is 9.77. The van der Waals surface area contributed by atoms with Gasteiger partial charge in [0.25, 0.3) is 5.91 Å². The Morgan fingerprint density at radius 2 is 1.92 bits per heavy atom. The van der Waals surface area contributed by atoms with Crippen LogP contribution in [0.25, 0.3) is 33.3 Å². The van der Waals surface area contributed by atoms with Crippen molar-refractivity contribution >= 4 is 45.5 Å². The lowest BCUT2D eigenvalue weighted by molar-refractivity contribution is -0.136. The number of hydrogen-bond donors (Lipinski definition) is 2. The predicted molar refractivity (Wildman–Crippen MR) is 142 cm³/mol. The van der Waals surface area contributed by atoms with Gasteiger partial charge in [-0.25, -0.2) is 14.8 Å². The molecule has 0 spiro atoms. The number of alkyl carbamates (subject to hydrolysis) is 1. The van der Waals surface area contributed by atoms with Crippen LogP contribution in [0.15, 0.2) is 57.9 Å². The number of benzene rings is 3. The number of nitrogens with two attached hydrogens (primary N) is 1. The first-order valence-corrected chi connectivity index (χ1v) is 12.5. The van der Waals surface area contributed by atoms with Gasteiger partial charge in [-0.1, -0.05) is 24.3 Å². The molecule has 196 valence electrons. The fraction of sp³-hybridized carbons (Fsp3) is 0.321. The van der Waals surface area contributed by atoms with Crippen LogP contribution in [-0.4, -0.2) is 52.5 Å². The Bertz CT molecular complexity index is 1600. The summed E-state index contributed by atoms with van der Waals surface area (Å²) in [5.74, 6) is -0.338. The summed E-state index contributed by atoms with van der Waals surface area (Å²) in [4.78, 5) is 48.2. The lowest BCUT2D eigenvalue weighted by atomic mass is 10.1. The van der Waals surface area contributed by atoms with E-state index in [-0.39, 0.29) is 12.5 Å². The van der Waals surface area contributed by atoms with Gasteiger partial charge in [0.1, 0.15) is 29.4 Å². The number of rotatable bonds is 3. The van der Waals surface area contributed by atoms with Crippen molar-refractivity contribution in [1.29, 1.82) is 0 Å². The number of nitrogens with zero attached hydrogens (tertiary/aromatic N) is 3. The zero-order chi connectivity index (χ0) is 27.0. The topological polar surface area (TPSA) is 140 Å². The van der Waals surface area contributed by atoms with Crippen LogP contribution in [0.3, 0.4) is 0 Å². The van der Waals surface area contributed by atoms with Crippen molar-refractivity contribution in [1.82, 2.24) is 15.2 Å². The van der Waals surface area contributed by atoms with E-state index in [0.717, 1.165) is 10.8 Å². The molecular formula is C28H29N5O5. The molecule has 5 rings (SSSR count). The summed E-state index contributed by atoms with van der Waals surface area (Å²) in [5.41, 5.74) is 7.97. The highest BCUT2D eigenvalue weighted by Gasteiger charge is 2.34. The first-order valence-electron chi connectivity index (χ1n) is 12.5. The van der Waals surface area contributed by atoms with Crippen molar-refractivity contribution in [3.8, 4) is 11.5 Å². The van der Waals surface area contributed by atoms with E-state index in [1.807, 2.05) is 24.3 Å². The second-order valence-electron chi connectivity index (χ2n) is 10.3. The predicted octanol–water partition coefficient (Wildman–Crippen LogP) is 3.61. The van der Waals surface area contributed by atoms with Crippen molar-refractivity contribution in [2.24, 2.45) is 4.99 Å². The fourth-order valence-electron chi connectivity index (χ4n) is 4.63. The highest BCUT2D eigenvalue weighted by molar-refractivity contribution is 6.09. The number of hydrogen-bond acceptors (Lipinski definition) is 7. The minimum atomic E-state index is -0.698. The van der Waals surface area contributed by atoms with E-state index < -0.39 is 23.6 Å². The minimum Gasteiger partial charge on any atom is -0.453 e. The van der Waals surface area contributed by atoms with Crippen LogP contribution >= 0.6 is 0 Å². The van der Waals surface area contributed by atoms with Gasteiger partial charge in [0.15, 0.2) is 11.3 Å². The van der Waals surface area contributed by atoms with Gasteiger partial charge in [0.05, 0.1) is 5.36 Å².